The Hall–Kier alpha value is -1.99. The van der Waals surface area contributed by atoms with Crippen LogP contribution in [0.4, 0.5) is 4.79 Å². The Bertz CT molecular complexity index is 526. The lowest BCUT2D eigenvalue weighted by molar-refractivity contribution is 0.0118. The molecule has 7 nitrogen and oxygen atoms in total. The second-order valence-corrected chi connectivity index (χ2v) is 6.00. The van der Waals surface area contributed by atoms with Crippen LogP contribution in [-0.2, 0) is 4.74 Å². The van der Waals surface area contributed by atoms with E-state index in [0.717, 1.165) is 0 Å². The molecule has 0 saturated heterocycles. The average molecular weight is 327 g/mol. The number of aliphatic hydroxyl groups excluding tert-OH is 2. The molecule has 0 aliphatic heterocycles. The predicted octanol–water partition coefficient (Wildman–Crippen LogP) is 1.62. The number of benzene rings is 1. The maximum Gasteiger partial charge on any atom is 0.407 e. The molecule has 2 atom stereocenters. The number of aliphatic hydroxyl groups is 2. The van der Waals surface area contributed by atoms with Gasteiger partial charge in [-0.15, -0.1) is 0 Å². The number of hydrogen-bond donors (Lipinski definition) is 3. The number of amides is 1. The van der Waals surface area contributed by atoms with E-state index < -0.39 is 23.9 Å². The number of nitrogens with one attached hydrogen (secondary N) is 1. The van der Waals surface area contributed by atoms with Crippen LogP contribution in [0.1, 0.15) is 32.4 Å². The van der Waals surface area contributed by atoms with Crippen molar-refractivity contribution in [2.75, 3.05) is 20.8 Å². The summed E-state index contributed by atoms with van der Waals surface area (Å²) in [5.41, 5.74) is -0.269. The van der Waals surface area contributed by atoms with Crippen molar-refractivity contribution in [3.8, 4) is 11.5 Å². The van der Waals surface area contributed by atoms with Crippen LogP contribution in [0.5, 0.6) is 11.5 Å². The van der Waals surface area contributed by atoms with E-state index in [4.69, 9.17) is 14.2 Å². The number of hydrogen-bond acceptors (Lipinski definition) is 6. The predicted molar refractivity (Wildman–Crippen MR) is 84.7 cm³/mol. The van der Waals surface area contributed by atoms with Crippen molar-refractivity contribution in [3.05, 3.63) is 23.8 Å². The molecule has 1 amide bonds. The first kappa shape index (κ1) is 19.1. The van der Waals surface area contributed by atoms with Gasteiger partial charge in [-0.1, -0.05) is 0 Å². The van der Waals surface area contributed by atoms with Crippen molar-refractivity contribution in [2.45, 2.75) is 38.6 Å². The third-order valence-corrected chi connectivity index (χ3v) is 2.97. The molecule has 3 N–H and O–H groups in total. The van der Waals surface area contributed by atoms with Gasteiger partial charge < -0.3 is 29.7 Å². The Balaban J connectivity index is 2.73. The molecule has 0 saturated carbocycles. The highest BCUT2D eigenvalue weighted by Gasteiger charge is 2.24. The largest absolute Gasteiger partial charge is 0.497 e. The Morgan fingerprint density at radius 3 is 2.39 bits per heavy atom. The Labute approximate surface area is 136 Å². The van der Waals surface area contributed by atoms with Crippen molar-refractivity contribution >= 4 is 6.09 Å². The van der Waals surface area contributed by atoms with Crippen molar-refractivity contribution in [1.29, 1.82) is 0 Å². The zero-order valence-electron chi connectivity index (χ0n) is 14.1. The van der Waals surface area contributed by atoms with Crippen molar-refractivity contribution in [2.24, 2.45) is 0 Å². The Morgan fingerprint density at radius 2 is 1.87 bits per heavy atom. The average Bonchev–Trinajstić information content (AvgIpc) is 2.49. The lowest BCUT2D eigenvalue weighted by Crippen LogP contribution is -2.38. The SMILES string of the molecule is COc1ccc(OC)c(C(O)C(O)CNC(=O)OC(C)(C)C)c1. The van der Waals surface area contributed by atoms with E-state index in [1.165, 1.54) is 14.2 Å². The monoisotopic (exact) mass is 327 g/mol. The van der Waals surface area contributed by atoms with E-state index in [0.29, 0.717) is 17.1 Å². The number of carbonyl (C=O) groups is 1. The normalized spacial score (nSPS) is 13.9. The maximum atomic E-state index is 11.6. The molecular formula is C16H25NO6. The van der Waals surface area contributed by atoms with Crippen molar-refractivity contribution < 1.29 is 29.2 Å². The lowest BCUT2D eigenvalue weighted by atomic mass is 10.0. The van der Waals surface area contributed by atoms with Crippen LogP contribution in [0.15, 0.2) is 18.2 Å². The third-order valence-electron chi connectivity index (χ3n) is 2.97. The standard InChI is InChI=1S/C16H25NO6/c1-16(2,3)23-15(20)17-9-12(18)14(19)11-8-10(21-4)6-7-13(11)22-5/h6-8,12,14,18-19H,9H2,1-5H3,(H,17,20). The van der Waals surface area contributed by atoms with Crippen LogP contribution in [0, 0.1) is 0 Å². The highest BCUT2D eigenvalue weighted by Crippen LogP contribution is 2.30. The first-order valence-corrected chi connectivity index (χ1v) is 7.23. The van der Waals surface area contributed by atoms with Gasteiger partial charge in [-0.2, -0.15) is 0 Å². The smallest absolute Gasteiger partial charge is 0.407 e. The molecule has 0 bridgehead atoms. The molecule has 0 spiro atoms. The summed E-state index contributed by atoms with van der Waals surface area (Å²) in [7, 11) is 2.96. The zero-order chi connectivity index (χ0) is 17.6. The van der Waals surface area contributed by atoms with E-state index in [9.17, 15) is 15.0 Å². The van der Waals surface area contributed by atoms with Gasteiger partial charge in [0, 0.05) is 12.1 Å². The van der Waals surface area contributed by atoms with Crippen LogP contribution in [-0.4, -0.2) is 48.8 Å². The lowest BCUT2D eigenvalue weighted by Gasteiger charge is -2.23. The molecule has 0 radical (unpaired) electrons. The minimum atomic E-state index is -1.25. The summed E-state index contributed by atoms with van der Waals surface area (Å²) in [6.45, 7) is 5.04. The Kier molecular flexibility index (Phi) is 6.65. The molecule has 1 aromatic rings. The minimum Gasteiger partial charge on any atom is -0.497 e. The van der Waals surface area contributed by atoms with E-state index in [-0.39, 0.29) is 6.54 Å². The van der Waals surface area contributed by atoms with Gasteiger partial charge in [-0.25, -0.2) is 4.79 Å². The first-order chi connectivity index (χ1) is 10.7. The third kappa shape index (κ3) is 5.96. The molecule has 0 aliphatic rings. The fourth-order valence-electron chi connectivity index (χ4n) is 1.89. The fraction of sp³-hybridized carbons (Fsp3) is 0.562. The summed E-state index contributed by atoms with van der Waals surface area (Å²) in [4.78, 5) is 11.6. The van der Waals surface area contributed by atoms with Crippen LogP contribution in [0.25, 0.3) is 0 Å². The molecular weight excluding hydrogens is 302 g/mol. The van der Waals surface area contributed by atoms with Crippen LogP contribution in [0.2, 0.25) is 0 Å². The summed E-state index contributed by atoms with van der Waals surface area (Å²) >= 11 is 0. The molecule has 7 heteroatoms. The Morgan fingerprint density at radius 1 is 1.22 bits per heavy atom. The number of alkyl carbamates (subject to hydrolysis) is 1. The van der Waals surface area contributed by atoms with Gasteiger partial charge in [0.15, 0.2) is 0 Å². The summed E-state index contributed by atoms with van der Waals surface area (Å²) < 4.78 is 15.3. The van der Waals surface area contributed by atoms with Gasteiger partial charge in [0.25, 0.3) is 0 Å². The molecule has 0 aliphatic carbocycles. The molecule has 1 aromatic carbocycles. The van der Waals surface area contributed by atoms with Crippen LogP contribution in [0.3, 0.4) is 0 Å². The molecule has 0 fully saturated rings. The van der Waals surface area contributed by atoms with E-state index in [2.05, 4.69) is 5.32 Å². The van der Waals surface area contributed by atoms with Gasteiger partial charge in [0.1, 0.15) is 29.3 Å². The molecule has 0 heterocycles. The highest BCUT2D eigenvalue weighted by atomic mass is 16.6. The molecule has 1 rings (SSSR count). The number of carbonyl (C=O) groups excluding carboxylic acids is 1. The molecule has 0 aromatic heterocycles. The van der Waals surface area contributed by atoms with Gasteiger partial charge in [-0.05, 0) is 39.0 Å². The van der Waals surface area contributed by atoms with Crippen LogP contribution >= 0.6 is 0 Å². The summed E-state index contributed by atoms with van der Waals surface area (Å²) in [5.74, 6) is 0.932. The number of ether oxygens (including phenoxy) is 3. The highest BCUT2D eigenvalue weighted by molar-refractivity contribution is 5.67. The van der Waals surface area contributed by atoms with Gasteiger partial charge in [0.2, 0.25) is 0 Å². The molecule has 2 unspecified atom stereocenters. The van der Waals surface area contributed by atoms with E-state index in [1.54, 1.807) is 39.0 Å². The zero-order valence-corrected chi connectivity index (χ0v) is 14.1. The fourth-order valence-corrected chi connectivity index (χ4v) is 1.89. The van der Waals surface area contributed by atoms with Crippen molar-refractivity contribution in [1.82, 2.24) is 5.32 Å². The van der Waals surface area contributed by atoms with Gasteiger partial charge in [-0.3, -0.25) is 0 Å². The van der Waals surface area contributed by atoms with E-state index >= 15 is 0 Å². The minimum absolute atomic E-state index is 0.170. The van der Waals surface area contributed by atoms with Crippen LogP contribution < -0.4 is 14.8 Å². The maximum absolute atomic E-state index is 11.6. The number of methoxy groups -OCH3 is 2. The molecule has 130 valence electrons. The second-order valence-electron chi connectivity index (χ2n) is 6.00. The topological polar surface area (TPSA) is 97.3 Å². The van der Waals surface area contributed by atoms with Gasteiger partial charge in [0.05, 0.1) is 14.2 Å². The second kappa shape index (κ2) is 8.03. The van der Waals surface area contributed by atoms with E-state index in [1.807, 2.05) is 0 Å². The molecule has 23 heavy (non-hydrogen) atoms. The summed E-state index contributed by atoms with van der Waals surface area (Å²) in [5, 5.41) is 22.8. The van der Waals surface area contributed by atoms with Crippen molar-refractivity contribution in [3.63, 3.8) is 0 Å². The van der Waals surface area contributed by atoms with Gasteiger partial charge >= 0.3 is 6.09 Å². The quantitative estimate of drug-likeness (QED) is 0.735. The first-order valence-electron chi connectivity index (χ1n) is 7.23. The number of rotatable bonds is 6. The summed E-state index contributed by atoms with van der Waals surface area (Å²) in [6, 6.07) is 4.88. The summed E-state index contributed by atoms with van der Waals surface area (Å²) in [6.07, 6.45) is -3.15.